The van der Waals surface area contributed by atoms with Gasteiger partial charge in [-0.3, -0.25) is 4.79 Å². The molecule has 5 heteroatoms. The summed E-state index contributed by atoms with van der Waals surface area (Å²) in [6, 6.07) is 7.78. The third-order valence-electron chi connectivity index (χ3n) is 3.01. The van der Waals surface area contributed by atoms with Gasteiger partial charge < -0.3 is 4.57 Å². The van der Waals surface area contributed by atoms with E-state index in [1.54, 1.807) is 0 Å². The van der Waals surface area contributed by atoms with Crippen molar-refractivity contribution in [3.63, 3.8) is 0 Å². The normalized spacial score (nSPS) is 10.8. The second-order valence-electron chi connectivity index (χ2n) is 4.25. The number of Topliss-reactive ketones (excluding diaryl/α,β-unsaturated/α-hetero) is 1. The second kappa shape index (κ2) is 5.81. The van der Waals surface area contributed by atoms with Gasteiger partial charge in [0.25, 0.3) is 0 Å². The third kappa shape index (κ3) is 2.67. The van der Waals surface area contributed by atoms with Gasteiger partial charge in [-0.15, -0.1) is 11.6 Å². The SMILES string of the molecule is Cc1cc(C(=O)CCl)c(C)n1-c1c(Br)cccc1Br. The van der Waals surface area contributed by atoms with Gasteiger partial charge in [0, 0.05) is 25.9 Å². The topological polar surface area (TPSA) is 22.0 Å². The largest absolute Gasteiger partial charge is 0.316 e. The number of rotatable bonds is 3. The summed E-state index contributed by atoms with van der Waals surface area (Å²) in [5.74, 6) is -0.0503. The monoisotopic (exact) mass is 403 g/mol. The van der Waals surface area contributed by atoms with Crippen LogP contribution < -0.4 is 0 Å². The lowest BCUT2D eigenvalue weighted by atomic mass is 10.2. The van der Waals surface area contributed by atoms with Crippen LogP contribution in [0.2, 0.25) is 0 Å². The van der Waals surface area contributed by atoms with Crippen LogP contribution in [-0.2, 0) is 0 Å². The number of alkyl halides is 1. The van der Waals surface area contributed by atoms with Crippen molar-refractivity contribution in [1.29, 1.82) is 0 Å². The Morgan fingerprint density at radius 3 is 2.37 bits per heavy atom. The zero-order chi connectivity index (χ0) is 14.2. The molecule has 2 nitrogen and oxygen atoms in total. The Bertz CT molecular complexity index is 629. The number of nitrogens with zero attached hydrogens (tertiary/aromatic N) is 1. The summed E-state index contributed by atoms with van der Waals surface area (Å²) in [7, 11) is 0. The third-order valence-corrected chi connectivity index (χ3v) is 4.54. The number of carbonyl (C=O) groups excluding carboxylic acids is 1. The highest BCUT2D eigenvalue weighted by Crippen LogP contribution is 2.32. The molecular formula is C14H12Br2ClNO. The fraction of sp³-hybridized carbons (Fsp3) is 0.214. The first-order valence-electron chi connectivity index (χ1n) is 5.70. The van der Waals surface area contributed by atoms with Crippen LogP contribution in [-0.4, -0.2) is 16.2 Å². The Balaban J connectivity index is 2.70. The number of carbonyl (C=O) groups is 1. The van der Waals surface area contributed by atoms with Crippen molar-refractivity contribution in [3.8, 4) is 5.69 Å². The lowest BCUT2D eigenvalue weighted by molar-refractivity contribution is 0.102. The Kier molecular flexibility index (Phi) is 4.54. The minimum absolute atomic E-state index is 0.00141. The van der Waals surface area contributed by atoms with Crippen molar-refractivity contribution < 1.29 is 4.79 Å². The summed E-state index contributed by atoms with van der Waals surface area (Å²) in [5.41, 5.74) is 3.57. The summed E-state index contributed by atoms with van der Waals surface area (Å²) in [4.78, 5) is 11.8. The molecule has 1 heterocycles. The quantitative estimate of drug-likeness (QED) is 0.518. The molecule has 0 radical (unpaired) electrons. The van der Waals surface area contributed by atoms with Crippen molar-refractivity contribution in [1.82, 2.24) is 4.57 Å². The van der Waals surface area contributed by atoms with Crippen molar-refractivity contribution in [2.75, 3.05) is 5.88 Å². The van der Waals surface area contributed by atoms with Crippen molar-refractivity contribution in [3.05, 3.63) is 50.2 Å². The first-order valence-corrected chi connectivity index (χ1v) is 7.82. The molecule has 0 fully saturated rings. The lowest BCUT2D eigenvalue weighted by Crippen LogP contribution is -2.05. The molecule has 0 atom stereocenters. The highest BCUT2D eigenvalue weighted by Gasteiger charge is 2.18. The van der Waals surface area contributed by atoms with Crippen LogP contribution in [0.1, 0.15) is 21.7 Å². The summed E-state index contributed by atoms with van der Waals surface area (Å²) >= 11 is 12.8. The van der Waals surface area contributed by atoms with Gasteiger partial charge in [0.1, 0.15) is 0 Å². The van der Waals surface area contributed by atoms with Gasteiger partial charge in [0.15, 0.2) is 5.78 Å². The van der Waals surface area contributed by atoms with Gasteiger partial charge in [0.2, 0.25) is 0 Å². The second-order valence-corrected chi connectivity index (χ2v) is 6.22. The maximum absolute atomic E-state index is 11.8. The van der Waals surface area contributed by atoms with Crippen LogP contribution >= 0.6 is 43.5 Å². The summed E-state index contributed by atoms with van der Waals surface area (Å²) in [6.45, 7) is 3.91. The minimum Gasteiger partial charge on any atom is -0.316 e. The number of ketones is 1. The fourth-order valence-corrected chi connectivity index (χ4v) is 3.66. The van der Waals surface area contributed by atoms with Crippen LogP contribution in [0.4, 0.5) is 0 Å². The molecule has 0 amide bonds. The summed E-state index contributed by atoms with van der Waals surface area (Å²) in [6.07, 6.45) is 0. The molecule has 19 heavy (non-hydrogen) atoms. The lowest BCUT2D eigenvalue weighted by Gasteiger charge is -2.14. The van der Waals surface area contributed by atoms with E-state index >= 15 is 0 Å². The van der Waals surface area contributed by atoms with E-state index in [0.717, 1.165) is 26.0 Å². The van der Waals surface area contributed by atoms with Gasteiger partial charge in [-0.2, -0.15) is 0 Å². The standard InChI is InChI=1S/C14H12Br2ClNO/c1-8-6-10(13(19)7-17)9(2)18(8)14-11(15)4-3-5-12(14)16/h3-6H,7H2,1-2H3. The summed E-state index contributed by atoms with van der Waals surface area (Å²) in [5, 5.41) is 0. The number of hydrogen-bond acceptors (Lipinski definition) is 1. The van der Waals surface area contributed by atoms with Gasteiger partial charge >= 0.3 is 0 Å². The van der Waals surface area contributed by atoms with E-state index in [9.17, 15) is 4.79 Å². The van der Waals surface area contributed by atoms with Crippen LogP contribution in [0.15, 0.2) is 33.2 Å². The predicted molar refractivity (Wildman–Crippen MR) is 85.7 cm³/mol. The fourth-order valence-electron chi connectivity index (χ4n) is 2.16. The van der Waals surface area contributed by atoms with Crippen LogP contribution in [0.3, 0.4) is 0 Å². The Hall–Kier alpha value is -0.580. The molecule has 1 aromatic heterocycles. The number of aryl methyl sites for hydroxylation is 1. The van der Waals surface area contributed by atoms with Gasteiger partial charge in [-0.05, 0) is 63.9 Å². The highest BCUT2D eigenvalue weighted by atomic mass is 79.9. The van der Waals surface area contributed by atoms with Crippen LogP contribution in [0, 0.1) is 13.8 Å². The van der Waals surface area contributed by atoms with E-state index in [1.165, 1.54) is 0 Å². The molecule has 0 saturated carbocycles. The van der Waals surface area contributed by atoms with E-state index in [2.05, 4.69) is 31.9 Å². The van der Waals surface area contributed by atoms with Gasteiger partial charge in [-0.1, -0.05) is 6.07 Å². The molecule has 0 aliphatic rings. The first kappa shape index (κ1) is 14.8. The Morgan fingerprint density at radius 2 is 1.84 bits per heavy atom. The molecule has 0 spiro atoms. The molecule has 2 aromatic rings. The zero-order valence-electron chi connectivity index (χ0n) is 10.5. The van der Waals surface area contributed by atoms with E-state index in [4.69, 9.17) is 11.6 Å². The molecule has 0 bridgehead atoms. The predicted octanol–water partition coefficient (Wildman–Crippen LogP) is 5.04. The number of aromatic nitrogens is 1. The van der Waals surface area contributed by atoms with Crippen molar-refractivity contribution in [2.24, 2.45) is 0 Å². The molecule has 100 valence electrons. The molecule has 0 saturated heterocycles. The van der Waals surface area contributed by atoms with Gasteiger partial charge in [-0.25, -0.2) is 0 Å². The van der Waals surface area contributed by atoms with E-state index in [-0.39, 0.29) is 11.7 Å². The highest BCUT2D eigenvalue weighted by molar-refractivity contribution is 9.11. The van der Waals surface area contributed by atoms with E-state index in [0.29, 0.717) is 5.56 Å². The number of halogens is 3. The van der Waals surface area contributed by atoms with Crippen LogP contribution in [0.25, 0.3) is 5.69 Å². The number of benzene rings is 1. The van der Waals surface area contributed by atoms with Gasteiger partial charge in [0.05, 0.1) is 11.6 Å². The summed E-state index contributed by atoms with van der Waals surface area (Å²) < 4.78 is 3.98. The Labute approximate surface area is 134 Å². The molecule has 0 N–H and O–H groups in total. The smallest absolute Gasteiger partial charge is 0.179 e. The number of para-hydroxylation sites is 1. The maximum atomic E-state index is 11.8. The number of hydrogen-bond donors (Lipinski definition) is 0. The molecule has 2 rings (SSSR count). The molecule has 1 aromatic carbocycles. The molecule has 0 aliphatic heterocycles. The average Bonchev–Trinajstić information content (AvgIpc) is 2.65. The van der Waals surface area contributed by atoms with Crippen molar-refractivity contribution in [2.45, 2.75) is 13.8 Å². The van der Waals surface area contributed by atoms with E-state index < -0.39 is 0 Å². The van der Waals surface area contributed by atoms with Crippen LogP contribution in [0.5, 0.6) is 0 Å². The molecule has 0 aliphatic carbocycles. The van der Waals surface area contributed by atoms with Crippen molar-refractivity contribution >= 4 is 49.2 Å². The Morgan fingerprint density at radius 1 is 1.26 bits per heavy atom. The minimum atomic E-state index is -0.0517. The van der Waals surface area contributed by atoms with E-state index in [1.807, 2.05) is 42.7 Å². The zero-order valence-corrected chi connectivity index (χ0v) is 14.4. The molecular weight excluding hydrogens is 393 g/mol. The molecule has 0 unspecified atom stereocenters. The first-order chi connectivity index (χ1) is 8.97. The average molecular weight is 406 g/mol. The maximum Gasteiger partial charge on any atom is 0.179 e.